The molecule has 1 aliphatic rings. The molecule has 1 aromatic carbocycles. The lowest BCUT2D eigenvalue weighted by molar-refractivity contribution is -0.145. The molecule has 0 bridgehead atoms. The van der Waals surface area contributed by atoms with E-state index in [1.165, 1.54) is 4.90 Å². The Morgan fingerprint density at radius 1 is 1.14 bits per heavy atom. The molecule has 12 nitrogen and oxygen atoms in total. The highest BCUT2D eigenvalue weighted by Crippen LogP contribution is 2.21. The SMILES string of the molecule is CC(C)C(NC(=O)C(N)Cc1ccccc1)C(=O)N1CCCC1C(=O)NC(CCCN=C(N)N)C(=O)O. The lowest BCUT2D eigenvalue weighted by atomic mass is 10.0. The first-order valence-corrected chi connectivity index (χ1v) is 12.5. The van der Waals surface area contributed by atoms with E-state index in [9.17, 15) is 24.3 Å². The van der Waals surface area contributed by atoms with Gasteiger partial charge >= 0.3 is 5.97 Å². The van der Waals surface area contributed by atoms with Crippen molar-refractivity contribution in [3.05, 3.63) is 35.9 Å². The van der Waals surface area contributed by atoms with Crippen LogP contribution in [-0.4, -0.2) is 76.9 Å². The van der Waals surface area contributed by atoms with Crippen LogP contribution in [0.15, 0.2) is 35.3 Å². The molecule has 1 saturated heterocycles. The van der Waals surface area contributed by atoms with Gasteiger partial charge in [0.05, 0.1) is 6.04 Å². The van der Waals surface area contributed by atoms with Crippen LogP contribution in [-0.2, 0) is 25.6 Å². The molecule has 0 saturated carbocycles. The third kappa shape index (κ3) is 9.05. The van der Waals surface area contributed by atoms with E-state index in [-0.39, 0.29) is 24.8 Å². The number of carbonyl (C=O) groups excluding carboxylic acids is 3. The van der Waals surface area contributed by atoms with Crippen molar-refractivity contribution in [2.75, 3.05) is 13.1 Å². The number of hydrogen-bond donors (Lipinski definition) is 6. The van der Waals surface area contributed by atoms with Gasteiger partial charge in [-0.3, -0.25) is 19.4 Å². The zero-order chi connectivity index (χ0) is 27.5. The number of nitrogens with one attached hydrogen (secondary N) is 2. The average molecular weight is 518 g/mol. The molecule has 1 aromatic rings. The molecule has 0 aromatic heterocycles. The number of rotatable bonds is 13. The minimum absolute atomic E-state index is 0.0937. The van der Waals surface area contributed by atoms with Crippen LogP contribution < -0.4 is 27.8 Å². The van der Waals surface area contributed by atoms with Gasteiger partial charge < -0.3 is 37.8 Å². The first kappa shape index (κ1) is 29.6. The number of benzene rings is 1. The number of nitrogens with two attached hydrogens (primary N) is 3. The van der Waals surface area contributed by atoms with Crippen molar-refractivity contribution in [2.45, 2.75) is 70.1 Å². The summed E-state index contributed by atoms with van der Waals surface area (Å²) in [6.07, 6.45) is 1.78. The highest BCUT2D eigenvalue weighted by Gasteiger charge is 2.40. The van der Waals surface area contributed by atoms with Gasteiger partial charge in [0, 0.05) is 13.1 Å². The number of likely N-dealkylation sites (tertiary alicyclic amines) is 1. The standard InChI is InChI=1S/C25H39N7O5/c1-15(2)20(31-21(33)17(26)14-16-8-4-3-5-9-16)23(35)32-13-7-11-19(32)22(34)30-18(24(36)37)10-6-12-29-25(27)28/h3-5,8-9,15,17-20H,6-7,10-14,26H2,1-2H3,(H,30,34)(H,31,33)(H,36,37)(H4,27,28,29). The Balaban J connectivity index is 2.03. The minimum atomic E-state index is -1.19. The van der Waals surface area contributed by atoms with E-state index >= 15 is 0 Å². The molecule has 4 unspecified atom stereocenters. The molecular weight excluding hydrogens is 478 g/mol. The van der Waals surface area contributed by atoms with Crippen molar-refractivity contribution in [3.63, 3.8) is 0 Å². The second-order valence-corrected chi connectivity index (χ2v) is 9.56. The minimum Gasteiger partial charge on any atom is -0.480 e. The molecule has 1 aliphatic heterocycles. The number of aliphatic imine (C=N–C) groups is 1. The fourth-order valence-corrected chi connectivity index (χ4v) is 4.25. The zero-order valence-corrected chi connectivity index (χ0v) is 21.4. The van der Waals surface area contributed by atoms with Crippen LogP contribution in [0.1, 0.15) is 45.1 Å². The quantitative estimate of drug-likeness (QED) is 0.112. The smallest absolute Gasteiger partial charge is 0.326 e. The summed E-state index contributed by atoms with van der Waals surface area (Å²) in [4.78, 5) is 56.2. The summed E-state index contributed by atoms with van der Waals surface area (Å²) in [5.74, 6) is -2.94. The Labute approximate surface area is 217 Å². The number of carboxylic acids is 1. The van der Waals surface area contributed by atoms with Crippen molar-refractivity contribution in [1.82, 2.24) is 15.5 Å². The summed E-state index contributed by atoms with van der Waals surface area (Å²) >= 11 is 0. The second kappa shape index (κ2) is 14.2. The van der Waals surface area contributed by atoms with Crippen LogP contribution in [0.2, 0.25) is 0 Å². The number of guanidine groups is 1. The number of aliphatic carboxylic acids is 1. The van der Waals surface area contributed by atoms with Crippen LogP contribution in [0.4, 0.5) is 0 Å². The topological polar surface area (TPSA) is 206 Å². The van der Waals surface area contributed by atoms with Gasteiger partial charge in [-0.1, -0.05) is 44.2 Å². The van der Waals surface area contributed by atoms with Gasteiger partial charge in [-0.15, -0.1) is 0 Å². The molecule has 2 rings (SSSR count). The molecule has 1 heterocycles. The Hall–Kier alpha value is -3.67. The van der Waals surface area contributed by atoms with Gasteiger partial charge in [0.1, 0.15) is 18.1 Å². The maximum atomic E-state index is 13.4. The van der Waals surface area contributed by atoms with E-state index < -0.39 is 47.9 Å². The third-order valence-corrected chi connectivity index (χ3v) is 6.26. The first-order valence-electron chi connectivity index (χ1n) is 12.5. The fraction of sp³-hybridized carbons (Fsp3) is 0.560. The Morgan fingerprint density at radius 3 is 2.41 bits per heavy atom. The van der Waals surface area contributed by atoms with Crippen LogP contribution in [0.5, 0.6) is 0 Å². The summed E-state index contributed by atoms with van der Waals surface area (Å²) < 4.78 is 0. The van der Waals surface area contributed by atoms with Gasteiger partial charge in [0.15, 0.2) is 5.96 Å². The van der Waals surface area contributed by atoms with Crippen molar-refractivity contribution in [3.8, 4) is 0 Å². The monoisotopic (exact) mass is 517 g/mol. The summed E-state index contributed by atoms with van der Waals surface area (Å²) in [6, 6.07) is 5.64. The summed E-state index contributed by atoms with van der Waals surface area (Å²) in [7, 11) is 0. The van der Waals surface area contributed by atoms with Crippen molar-refractivity contribution >= 4 is 29.7 Å². The predicted octanol–water partition coefficient (Wildman–Crippen LogP) is -0.689. The summed E-state index contributed by atoms with van der Waals surface area (Å²) in [5.41, 5.74) is 17.5. The number of hydrogen-bond acceptors (Lipinski definition) is 6. The molecular formula is C25H39N7O5. The Bertz CT molecular complexity index is 965. The van der Waals surface area contributed by atoms with E-state index in [0.29, 0.717) is 32.2 Å². The molecule has 4 atom stereocenters. The molecule has 0 aliphatic carbocycles. The van der Waals surface area contributed by atoms with Crippen LogP contribution in [0.25, 0.3) is 0 Å². The molecule has 0 radical (unpaired) electrons. The highest BCUT2D eigenvalue weighted by atomic mass is 16.4. The average Bonchev–Trinajstić information content (AvgIpc) is 3.34. The number of nitrogens with zero attached hydrogens (tertiary/aromatic N) is 2. The van der Waals surface area contributed by atoms with Crippen LogP contribution in [0, 0.1) is 5.92 Å². The van der Waals surface area contributed by atoms with E-state index in [1.54, 1.807) is 13.8 Å². The number of amides is 3. The number of carbonyl (C=O) groups is 4. The number of carboxylic acid groups (broad SMARTS) is 1. The van der Waals surface area contributed by atoms with Crippen molar-refractivity contribution in [1.29, 1.82) is 0 Å². The largest absolute Gasteiger partial charge is 0.480 e. The van der Waals surface area contributed by atoms with Gasteiger partial charge in [-0.25, -0.2) is 4.79 Å². The third-order valence-electron chi connectivity index (χ3n) is 6.26. The van der Waals surface area contributed by atoms with E-state index in [0.717, 1.165) is 5.56 Å². The summed E-state index contributed by atoms with van der Waals surface area (Å²) in [5, 5.41) is 14.8. The lowest BCUT2D eigenvalue weighted by Gasteiger charge is -2.31. The maximum Gasteiger partial charge on any atom is 0.326 e. The molecule has 9 N–H and O–H groups in total. The molecule has 1 fully saturated rings. The van der Waals surface area contributed by atoms with Gasteiger partial charge in [-0.05, 0) is 43.6 Å². The van der Waals surface area contributed by atoms with Crippen LogP contribution in [0.3, 0.4) is 0 Å². The summed E-state index contributed by atoms with van der Waals surface area (Å²) in [6.45, 7) is 4.16. The molecule has 12 heteroatoms. The van der Waals surface area contributed by atoms with Crippen molar-refractivity contribution in [2.24, 2.45) is 28.1 Å². The Morgan fingerprint density at radius 2 is 1.81 bits per heavy atom. The lowest BCUT2D eigenvalue weighted by Crippen LogP contribution is -2.58. The molecule has 37 heavy (non-hydrogen) atoms. The highest BCUT2D eigenvalue weighted by molar-refractivity contribution is 5.94. The van der Waals surface area contributed by atoms with Gasteiger partial charge in [-0.2, -0.15) is 0 Å². The normalized spacial score (nSPS) is 17.5. The van der Waals surface area contributed by atoms with Gasteiger partial charge in [0.25, 0.3) is 0 Å². The second-order valence-electron chi connectivity index (χ2n) is 9.56. The molecule has 204 valence electrons. The first-order chi connectivity index (χ1) is 17.5. The van der Waals surface area contributed by atoms with Crippen molar-refractivity contribution < 1.29 is 24.3 Å². The zero-order valence-electron chi connectivity index (χ0n) is 21.4. The molecule has 0 spiro atoms. The maximum absolute atomic E-state index is 13.4. The fourth-order valence-electron chi connectivity index (χ4n) is 4.25. The Kier molecular flexibility index (Phi) is 11.3. The van der Waals surface area contributed by atoms with Crippen LogP contribution >= 0.6 is 0 Å². The predicted molar refractivity (Wildman–Crippen MR) is 139 cm³/mol. The molecule has 3 amide bonds. The van der Waals surface area contributed by atoms with E-state index in [1.807, 2.05) is 30.3 Å². The van der Waals surface area contributed by atoms with E-state index in [4.69, 9.17) is 17.2 Å². The van der Waals surface area contributed by atoms with E-state index in [2.05, 4.69) is 15.6 Å². The van der Waals surface area contributed by atoms with Gasteiger partial charge in [0.2, 0.25) is 17.7 Å².